The molecular formula is C24H24BrNO4. The summed E-state index contributed by atoms with van der Waals surface area (Å²) < 4.78 is 11.2. The van der Waals surface area contributed by atoms with Gasteiger partial charge < -0.3 is 9.47 Å². The smallest absolute Gasteiger partial charge is 0.340 e. The van der Waals surface area contributed by atoms with Gasteiger partial charge in [0, 0.05) is 21.4 Å². The maximum absolute atomic E-state index is 13.4. The standard InChI is InChI=1S/C24H24BrNO4/c1-14(2)16-6-9-19(10-7-16)26-15(3)22(24(28)30-5)20(23(26)27)13-17-12-18(25)8-11-21(17)29-4/h6-14H,1-5H3/b20-13-. The van der Waals surface area contributed by atoms with Crippen molar-refractivity contribution in [3.05, 3.63) is 74.9 Å². The zero-order valence-electron chi connectivity index (χ0n) is 17.7. The van der Waals surface area contributed by atoms with Crippen LogP contribution in [0.4, 0.5) is 5.69 Å². The molecule has 0 atom stereocenters. The molecule has 6 heteroatoms. The molecule has 0 bridgehead atoms. The predicted molar refractivity (Wildman–Crippen MR) is 121 cm³/mol. The molecule has 1 amide bonds. The Labute approximate surface area is 185 Å². The van der Waals surface area contributed by atoms with Crippen LogP contribution in [-0.2, 0) is 14.3 Å². The van der Waals surface area contributed by atoms with Crippen LogP contribution in [0.1, 0.15) is 37.8 Å². The van der Waals surface area contributed by atoms with E-state index >= 15 is 0 Å². The zero-order valence-corrected chi connectivity index (χ0v) is 19.2. The largest absolute Gasteiger partial charge is 0.496 e. The molecule has 0 saturated carbocycles. The van der Waals surface area contributed by atoms with Crippen LogP contribution in [0, 0.1) is 0 Å². The lowest BCUT2D eigenvalue weighted by molar-refractivity contribution is -0.136. The van der Waals surface area contributed by atoms with Crippen LogP contribution in [-0.4, -0.2) is 26.1 Å². The van der Waals surface area contributed by atoms with Crippen molar-refractivity contribution in [1.82, 2.24) is 0 Å². The van der Waals surface area contributed by atoms with Gasteiger partial charge in [-0.2, -0.15) is 0 Å². The van der Waals surface area contributed by atoms with E-state index in [2.05, 4.69) is 29.8 Å². The molecule has 5 nitrogen and oxygen atoms in total. The molecule has 2 aromatic carbocycles. The maximum Gasteiger partial charge on any atom is 0.340 e. The summed E-state index contributed by atoms with van der Waals surface area (Å²) in [5, 5.41) is 0. The van der Waals surface area contributed by atoms with Crippen molar-refractivity contribution in [3.63, 3.8) is 0 Å². The first-order chi connectivity index (χ1) is 14.3. The molecule has 0 N–H and O–H groups in total. The summed E-state index contributed by atoms with van der Waals surface area (Å²) in [7, 11) is 2.87. The molecule has 0 spiro atoms. The van der Waals surface area contributed by atoms with Crippen molar-refractivity contribution in [1.29, 1.82) is 0 Å². The van der Waals surface area contributed by atoms with E-state index in [0.29, 0.717) is 28.6 Å². The Kier molecular flexibility index (Phi) is 6.46. The number of allylic oxidation sites excluding steroid dienone is 1. The average molecular weight is 470 g/mol. The van der Waals surface area contributed by atoms with E-state index < -0.39 is 5.97 Å². The van der Waals surface area contributed by atoms with Crippen LogP contribution in [0.5, 0.6) is 5.75 Å². The molecule has 0 unspecified atom stereocenters. The number of hydrogen-bond acceptors (Lipinski definition) is 4. The van der Waals surface area contributed by atoms with Gasteiger partial charge in [-0.05, 0) is 54.8 Å². The van der Waals surface area contributed by atoms with Crippen molar-refractivity contribution in [2.24, 2.45) is 0 Å². The summed E-state index contributed by atoms with van der Waals surface area (Å²) in [6.45, 7) is 5.98. The molecule has 30 heavy (non-hydrogen) atoms. The summed E-state index contributed by atoms with van der Waals surface area (Å²) in [5.41, 5.74) is 3.61. The maximum atomic E-state index is 13.4. The van der Waals surface area contributed by atoms with Crippen LogP contribution < -0.4 is 9.64 Å². The molecule has 0 aromatic heterocycles. The summed E-state index contributed by atoms with van der Waals surface area (Å²) in [6, 6.07) is 13.3. The van der Waals surface area contributed by atoms with E-state index in [1.54, 1.807) is 31.1 Å². The second-order valence-corrected chi connectivity index (χ2v) is 8.20. The van der Waals surface area contributed by atoms with Crippen molar-refractivity contribution in [2.75, 3.05) is 19.1 Å². The number of carbonyl (C=O) groups is 2. The number of carbonyl (C=O) groups excluding carboxylic acids is 2. The Hall–Kier alpha value is -2.86. The number of anilines is 1. The molecule has 0 radical (unpaired) electrons. The second kappa shape index (κ2) is 8.88. The number of ether oxygens (including phenoxy) is 2. The highest BCUT2D eigenvalue weighted by Crippen LogP contribution is 2.37. The fourth-order valence-electron chi connectivity index (χ4n) is 3.47. The lowest BCUT2D eigenvalue weighted by atomic mass is 10.0. The first-order valence-electron chi connectivity index (χ1n) is 9.57. The minimum absolute atomic E-state index is 0.248. The summed E-state index contributed by atoms with van der Waals surface area (Å²) in [6.07, 6.45) is 1.67. The van der Waals surface area contributed by atoms with E-state index in [0.717, 1.165) is 4.47 Å². The Bertz CT molecular complexity index is 1050. The fraction of sp³-hybridized carbons (Fsp3) is 0.250. The number of rotatable bonds is 5. The molecule has 2 aromatic rings. The quantitative estimate of drug-likeness (QED) is 0.430. The number of esters is 1. The van der Waals surface area contributed by atoms with Crippen LogP contribution in [0.2, 0.25) is 0 Å². The summed E-state index contributed by atoms with van der Waals surface area (Å²) in [5.74, 6) is 0.143. The topological polar surface area (TPSA) is 55.8 Å². The van der Waals surface area contributed by atoms with Crippen LogP contribution in [0.15, 0.2) is 63.8 Å². The van der Waals surface area contributed by atoms with Gasteiger partial charge in [0.05, 0.1) is 25.4 Å². The van der Waals surface area contributed by atoms with Crippen molar-refractivity contribution >= 4 is 39.6 Å². The van der Waals surface area contributed by atoms with Gasteiger partial charge in [0.1, 0.15) is 5.75 Å². The third-order valence-corrected chi connectivity index (χ3v) is 5.59. The van der Waals surface area contributed by atoms with Crippen molar-refractivity contribution in [2.45, 2.75) is 26.7 Å². The molecule has 1 aliphatic rings. The molecule has 0 aliphatic carbocycles. The number of hydrogen-bond donors (Lipinski definition) is 0. The molecule has 3 rings (SSSR count). The van der Waals surface area contributed by atoms with Crippen molar-refractivity contribution < 1.29 is 19.1 Å². The van der Waals surface area contributed by atoms with E-state index in [4.69, 9.17) is 9.47 Å². The monoisotopic (exact) mass is 469 g/mol. The third kappa shape index (κ3) is 4.05. The summed E-state index contributed by atoms with van der Waals surface area (Å²) >= 11 is 3.44. The van der Waals surface area contributed by atoms with E-state index in [-0.39, 0.29) is 17.1 Å². The SMILES string of the molecule is COC(=O)C1=C(C)N(c2ccc(C(C)C)cc2)C(=O)/C1=C\c1cc(Br)ccc1OC. The van der Waals surface area contributed by atoms with Gasteiger partial charge >= 0.3 is 5.97 Å². The van der Waals surface area contributed by atoms with Gasteiger partial charge in [0.25, 0.3) is 5.91 Å². The summed E-state index contributed by atoms with van der Waals surface area (Å²) in [4.78, 5) is 27.5. The highest BCUT2D eigenvalue weighted by Gasteiger charge is 2.38. The van der Waals surface area contributed by atoms with Crippen LogP contribution >= 0.6 is 15.9 Å². The van der Waals surface area contributed by atoms with Crippen molar-refractivity contribution in [3.8, 4) is 5.75 Å². The van der Waals surface area contributed by atoms with Gasteiger partial charge in [-0.25, -0.2) is 4.79 Å². The Morgan fingerprint density at radius 3 is 2.33 bits per heavy atom. The minimum Gasteiger partial charge on any atom is -0.496 e. The normalized spacial score (nSPS) is 15.4. The number of benzene rings is 2. The van der Waals surface area contributed by atoms with Crippen LogP contribution in [0.3, 0.4) is 0 Å². The van der Waals surface area contributed by atoms with Crippen LogP contribution in [0.25, 0.3) is 6.08 Å². The molecule has 156 valence electrons. The highest BCUT2D eigenvalue weighted by atomic mass is 79.9. The Morgan fingerprint density at radius 2 is 1.77 bits per heavy atom. The molecule has 0 fully saturated rings. The number of halogens is 1. The van der Waals surface area contributed by atoms with Gasteiger partial charge in [-0.15, -0.1) is 0 Å². The average Bonchev–Trinajstić information content (AvgIpc) is 2.97. The first kappa shape index (κ1) is 21.8. The fourth-order valence-corrected chi connectivity index (χ4v) is 3.85. The number of methoxy groups -OCH3 is 2. The zero-order chi connectivity index (χ0) is 22.0. The number of nitrogens with zero attached hydrogens (tertiary/aromatic N) is 1. The van der Waals surface area contributed by atoms with Gasteiger partial charge in [0.15, 0.2) is 0 Å². The number of amides is 1. The van der Waals surface area contributed by atoms with E-state index in [9.17, 15) is 9.59 Å². The molecule has 1 heterocycles. The molecule has 1 aliphatic heterocycles. The van der Waals surface area contributed by atoms with Gasteiger partial charge in [-0.1, -0.05) is 41.9 Å². The Balaban J connectivity index is 2.14. The van der Waals surface area contributed by atoms with Gasteiger partial charge in [-0.3, -0.25) is 9.69 Å². The molecular weight excluding hydrogens is 446 g/mol. The minimum atomic E-state index is -0.553. The molecule has 0 saturated heterocycles. The highest BCUT2D eigenvalue weighted by molar-refractivity contribution is 9.10. The predicted octanol–water partition coefficient (Wildman–Crippen LogP) is 5.46. The Morgan fingerprint density at radius 1 is 1.10 bits per heavy atom. The van der Waals surface area contributed by atoms with E-state index in [1.165, 1.54) is 12.7 Å². The first-order valence-corrected chi connectivity index (χ1v) is 10.4. The lowest BCUT2D eigenvalue weighted by Gasteiger charge is -2.19. The van der Waals surface area contributed by atoms with Gasteiger partial charge in [0.2, 0.25) is 0 Å². The second-order valence-electron chi connectivity index (χ2n) is 7.28. The third-order valence-electron chi connectivity index (χ3n) is 5.10. The van der Waals surface area contributed by atoms with E-state index in [1.807, 2.05) is 36.4 Å². The lowest BCUT2D eigenvalue weighted by Crippen LogP contribution is -2.24.